The quantitative estimate of drug-likeness (QED) is 0.461. The lowest BCUT2D eigenvalue weighted by atomic mass is 9.43. The second-order valence-corrected chi connectivity index (χ2v) is 14.3. The van der Waals surface area contributed by atoms with E-state index in [9.17, 15) is 15.0 Å². The maximum absolute atomic E-state index is 14.0. The number of aliphatic hydroxyl groups excluding tert-OH is 2. The molecule has 6 fully saturated rings. The zero-order valence-electron chi connectivity index (χ0n) is 20.5. The molecule has 0 aromatic heterocycles. The fourth-order valence-corrected chi connectivity index (χ4v) is 11.4. The number of ether oxygens (including phenoxy) is 2. The van der Waals surface area contributed by atoms with E-state index in [0.717, 1.165) is 44.9 Å². The van der Waals surface area contributed by atoms with Crippen LogP contribution >= 0.6 is 15.9 Å². The number of aliphatic hydroxyl groups is 2. The lowest BCUT2D eigenvalue weighted by molar-refractivity contribution is -0.268. The van der Waals surface area contributed by atoms with E-state index >= 15 is 0 Å². The first kappa shape index (κ1) is 23.4. The van der Waals surface area contributed by atoms with Gasteiger partial charge in [0.2, 0.25) is 0 Å². The van der Waals surface area contributed by atoms with Gasteiger partial charge in [0.1, 0.15) is 6.10 Å². The van der Waals surface area contributed by atoms with Crippen LogP contribution in [0.25, 0.3) is 0 Å². The molecule has 0 aromatic rings. The third kappa shape index (κ3) is 2.88. The molecule has 14 atom stereocenters. The Morgan fingerprint density at radius 3 is 2.55 bits per heavy atom. The zero-order chi connectivity index (χ0) is 23.5. The SMILES string of the molecule is CC1CO[C@@]2(O[C@H]3C[C@H]4[C@@H]5CCC6C[C@@H](O)CC[C@]6(C)[C@H]5C(=O)[C@@H](O)[C@]4(C)[C@H]3[C@@H]2C)C(Br)C1. The van der Waals surface area contributed by atoms with Crippen molar-refractivity contribution in [1.82, 2.24) is 0 Å². The minimum absolute atomic E-state index is 0.0309. The number of carbonyl (C=O) groups excluding carboxylic acids is 1. The lowest BCUT2D eigenvalue weighted by Crippen LogP contribution is -2.64. The number of alkyl halides is 1. The van der Waals surface area contributed by atoms with Crippen molar-refractivity contribution in [1.29, 1.82) is 0 Å². The molecule has 3 unspecified atom stereocenters. The Hall–Kier alpha value is -0.0100. The molecular formula is C27H41BrO5. The van der Waals surface area contributed by atoms with Crippen molar-refractivity contribution in [2.75, 3.05) is 6.61 Å². The molecule has 2 N–H and O–H groups in total. The van der Waals surface area contributed by atoms with E-state index in [0.29, 0.717) is 30.3 Å². The van der Waals surface area contributed by atoms with Crippen molar-refractivity contribution in [3.05, 3.63) is 0 Å². The Morgan fingerprint density at radius 1 is 1.06 bits per heavy atom. The maximum Gasteiger partial charge on any atom is 0.184 e. The molecule has 0 amide bonds. The Labute approximate surface area is 206 Å². The molecule has 6 aliphatic rings. The molecule has 5 nitrogen and oxygen atoms in total. The van der Waals surface area contributed by atoms with Crippen LogP contribution in [0.1, 0.15) is 72.6 Å². The first-order chi connectivity index (χ1) is 15.5. The highest BCUT2D eigenvalue weighted by molar-refractivity contribution is 9.09. The number of halogens is 1. The van der Waals surface area contributed by atoms with Gasteiger partial charge in [-0.25, -0.2) is 0 Å². The van der Waals surface area contributed by atoms with Crippen LogP contribution in [0.5, 0.6) is 0 Å². The molecule has 6 rings (SSSR count). The van der Waals surface area contributed by atoms with E-state index in [1.807, 2.05) is 0 Å². The normalized spacial score (nSPS) is 62.5. The zero-order valence-corrected chi connectivity index (χ0v) is 22.1. The molecule has 4 aliphatic carbocycles. The van der Waals surface area contributed by atoms with Crippen LogP contribution in [0.2, 0.25) is 0 Å². The molecule has 0 bridgehead atoms. The van der Waals surface area contributed by atoms with E-state index in [1.165, 1.54) is 0 Å². The predicted octanol–water partition coefficient (Wildman–Crippen LogP) is 4.32. The average molecular weight is 526 g/mol. The fourth-order valence-electron chi connectivity index (χ4n) is 10.1. The molecule has 1 spiro atoms. The molecule has 33 heavy (non-hydrogen) atoms. The standard InChI is InChI=1S/C27H41BrO5/c1-13-9-20(28)27(32-12-13)14(2)21-19(33-27)11-18-17-6-5-15-10-16(29)7-8-25(15,3)22(17)23(30)24(31)26(18,21)4/h13-22,24,29,31H,5-12H2,1-4H3/t13?,14-,15?,16-,17-,18-,19-,20?,21-,22+,24+,25-,26-,27-/m0/s1. The second-order valence-electron chi connectivity index (χ2n) is 13.2. The molecule has 186 valence electrons. The van der Waals surface area contributed by atoms with Crippen molar-refractivity contribution in [3.63, 3.8) is 0 Å². The van der Waals surface area contributed by atoms with Crippen molar-refractivity contribution in [2.45, 2.75) is 102 Å². The highest BCUT2D eigenvalue weighted by Crippen LogP contribution is 2.70. The Kier molecular flexibility index (Phi) is 5.32. The summed E-state index contributed by atoms with van der Waals surface area (Å²) >= 11 is 3.90. The summed E-state index contributed by atoms with van der Waals surface area (Å²) in [5.41, 5.74) is -0.571. The van der Waals surface area contributed by atoms with E-state index in [-0.39, 0.29) is 46.0 Å². The van der Waals surface area contributed by atoms with Gasteiger partial charge in [-0.2, -0.15) is 0 Å². The number of ketones is 1. The first-order valence-corrected chi connectivity index (χ1v) is 14.3. The molecule has 0 aromatic carbocycles. The molecular weight excluding hydrogens is 484 g/mol. The molecule has 2 aliphatic heterocycles. The van der Waals surface area contributed by atoms with Crippen molar-refractivity contribution >= 4 is 21.7 Å². The van der Waals surface area contributed by atoms with Crippen LogP contribution in [0.4, 0.5) is 0 Å². The lowest BCUT2D eigenvalue weighted by Gasteiger charge is -2.61. The molecule has 6 heteroatoms. The number of fused-ring (bicyclic) bond motifs is 7. The number of carbonyl (C=O) groups is 1. The van der Waals surface area contributed by atoms with Gasteiger partial charge in [0, 0.05) is 23.2 Å². The highest BCUT2D eigenvalue weighted by atomic mass is 79.9. The first-order valence-electron chi connectivity index (χ1n) is 13.4. The fraction of sp³-hybridized carbons (Fsp3) is 0.963. The molecule has 2 heterocycles. The Bertz CT molecular complexity index is 835. The van der Waals surface area contributed by atoms with E-state index in [2.05, 4.69) is 43.6 Å². The topological polar surface area (TPSA) is 76.0 Å². The average Bonchev–Trinajstić information content (AvgIpc) is 3.22. The maximum atomic E-state index is 14.0. The summed E-state index contributed by atoms with van der Waals surface area (Å²) in [6.07, 6.45) is 5.38. The summed E-state index contributed by atoms with van der Waals surface area (Å²) in [7, 11) is 0. The van der Waals surface area contributed by atoms with Gasteiger partial charge in [0.05, 0.1) is 23.6 Å². The number of rotatable bonds is 0. The Balaban J connectivity index is 1.34. The number of hydrogen-bond donors (Lipinski definition) is 2. The smallest absolute Gasteiger partial charge is 0.184 e. The van der Waals surface area contributed by atoms with Crippen LogP contribution in [0.15, 0.2) is 0 Å². The summed E-state index contributed by atoms with van der Waals surface area (Å²) in [6, 6.07) is 0. The summed E-state index contributed by atoms with van der Waals surface area (Å²) in [4.78, 5) is 14.2. The van der Waals surface area contributed by atoms with Crippen LogP contribution < -0.4 is 0 Å². The minimum atomic E-state index is -0.946. The second kappa shape index (κ2) is 7.50. The highest BCUT2D eigenvalue weighted by Gasteiger charge is 2.74. The molecule has 4 saturated carbocycles. The van der Waals surface area contributed by atoms with Crippen LogP contribution in [0.3, 0.4) is 0 Å². The number of Topliss-reactive ketones (excluding diaryl/α,β-unsaturated/α-hetero) is 1. The Morgan fingerprint density at radius 2 is 1.82 bits per heavy atom. The third-order valence-electron chi connectivity index (χ3n) is 11.7. The van der Waals surface area contributed by atoms with Crippen LogP contribution in [-0.4, -0.2) is 51.5 Å². The summed E-state index contributed by atoms with van der Waals surface area (Å²) in [5.74, 6) is 1.05. The third-order valence-corrected chi connectivity index (χ3v) is 12.7. The minimum Gasteiger partial charge on any atom is -0.393 e. The molecule has 2 saturated heterocycles. The summed E-state index contributed by atoms with van der Waals surface area (Å²) in [5, 5.41) is 22.1. The van der Waals surface area contributed by atoms with Crippen LogP contribution in [-0.2, 0) is 14.3 Å². The molecule has 0 radical (unpaired) electrons. The van der Waals surface area contributed by atoms with E-state index in [1.54, 1.807) is 0 Å². The van der Waals surface area contributed by atoms with Gasteiger partial charge < -0.3 is 19.7 Å². The summed E-state index contributed by atoms with van der Waals surface area (Å²) in [6.45, 7) is 9.61. The van der Waals surface area contributed by atoms with Crippen molar-refractivity contribution in [3.8, 4) is 0 Å². The van der Waals surface area contributed by atoms with Gasteiger partial charge in [0.25, 0.3) is 0 Å². The van der Waals surface area contributed by atoms with Crippen molar-refractivity contribution < 1.29 is 24.5 Å². The van der Waals surface area contributed by atoms with E-state index in [4.69, 9.17) is 9.47 Å². The van der Waals surface area contributed by atoms with Gasteiger partial charge in [-0.15, -0.1) is 0 Å². The van der Waals surface area contributed by atoms with Gasteiger partial charge in [0.15, 0.2) is 11.6 Å². The largest absolute Gasteiger partial charge is 0.393 e. The van der Waals surface area contributed by atoms with Gasteiger partial charge >= 0.3 is 0 Å². The summed E-state index contributed by atoms with van der Waals surface area (Å²) < 4.78 is 13.3. The predicted molar refractivity (Wildman–Crippen MR) is 128 cm³/mol. The number of hydrogen-bond acceptors (Lipinski definition) is 5. The van der Waals surface area contributed by atoms with Gasteiger partial charge in [-0.05, 0) is 74.0 Å². The van der Waals surface area contributed by atoms with E-state index < -0.39 is 17.3 Å². The van der Waals surface area contributed by atoms with Gasteiger partial charge in [-0.1, -0.05) is 43.6 Å². The van der Waals surface area contributed by atoms with Gasteiger partial charge in [-0.3, -0.25) is 4.79 Å². The van der Waals surface area contributed by atoms with Crippen molar-refractivity contribution in [2.24, 2.45) is 52.3 Å². The van der Waals surface area contributed by atoms with Crippen LogP contribution in [0, 0.1) is 52.3 Å². The monoisotopic (exact) mass is 524 g/mol.